The van der Waals surface area contributed by atoms with Crippen molar-refractivity contribution in [2.45, 2.75) is 13.3 Å². The predicted molar refractivity (Wildman–Crippen MR) is 96.0 cm³/mol. The minimum Gasteiger partial charge on any atom is -0.369 e. The van der Waals surface area contributed by atoms with Crippen LogP contribution in [-0.4, -0.2) is 16.5 Å². The Morgan fingerprint density at radius 3 is 2.75 bits per heavy atom. The summed E-state index contributed by atoms with van der Waals surface area (Å²) in [5.41, 5.74) is 0.954. The first-order chi connectivity index (χ1) is 9.61. The van der Waals surface area contributed by atoms with Crippen LogP contribution in [0, 0.1) is 3.57 Å². The van der Waals surface area contributed by atoms with E-state index >= 15 is 0 Å². The van der Waals surface area contributed by atoms with Crippen molar-refractivity contribution in [2.75, 3.05) is 17.2 Å². The van der Waals surface area contributed by atoms with E-state index in [1.165, 1.54) is 6.33 Å². The number of hydrogen-bond acceptors (Lipinski definition) is 4. The number of nitrogens with zero attached hydrogens (tertiary/aromatic N) is 2. The fourth-order valence-electron chi connectivity index (χ4n) is 1.54. The van der Waals surface area contributed by atoms with Crippen molar-refractivity contribution in [3.8, 4) is 0 Å². The van der Waals surface area contributed by atoms with Crippen LogP contribution in [0.2, 0.25) is 5.02 Å². The molecule has 0 amide bonds. The molecule has 2 aromatic rings. The topological polar surface area (TPSA) is 49.8 Å². The van der Waals surface area contributed by atoms with Crippen LogP contribution in [0.4, 0.5) is 17.3 Å². The standard InChI is InChI=1S/C13H13BrClIN4/c1-2-5-17-12-11(14)13(19-7-18-12)20-10-4-3-8(15)6-9(10)16/h3-4,6-7H,2,5H2,1H3,(H2,17,18,19,20). The van der Waals surface area contributed by atoms with Gasteiger partial charge in [-0.25, -0.2) is 9.97 Å². The zero-order valence-electron chi connectivity index (χ0n) is 10.8. The Morgan fingerprint density at radius 1 is 1.30 bits per heavy atom. The first-order valence-electron chi connectivity index (χ1n) is 6.08. The minimum atomic E-state index is 0.715. The molecule has 0 aliphatic rings. The van der Waals surface area contributed by atoms with Gasteiger partial charge >= 0.3 is 0 Å². The van der Waals surface area contributed by atoms with Gasteiger partial charge in [0, 0.05) is 15.1 Å². The molecule has 20 heavy (non-hydrogen) atoms. The Balaban J connectivity index is 2.24. The lowest BCUT2D eigenvalue weighted by Gasteiger charge is -2.12. The number of rotatable bonds is 5. The van der Waals surface area contributed by atoms with Crippen molar-refractivity contribution in [2.24, 2.45) is 0 Å². The van der Waals surface area contributed by atoms with Crippen molar-refractivity contribution in [1.29, 1.82) is 0 Å². The van der Waals surface area contributed by atoms with Gasteiger partial charge in [-0.1, -0.05) is 18.5 Å². The monoisotopic (exact) mass is 466 g/mol. The van der Waals surface area contributed by atoms with Crippen molar-refractivity contribution in [1.82, 2.24) is 9.97 Å². The summed E-state index contributed by atoms with van der Waals surface area (Å²) in [5.74, 6) is 1.51. The summed E-state index contributed by atoms with van der Waals surface area (Å²) in [4.78, 5) is 8.48. The molecule has 1 heterocycles. The quantitative estimate of drug-likeness (QED) is 0.604. The smallest absolute Gasteiger partial charge is 0.150 e. The number of hydrogen-bond donors (Lipinski definition) is 2. The highest BCUT2D eigenvalue weighted by Crippen LogP contribution is 2.31. The molecule has 0 unspecified atom stereocenters. The van der Waals surface area contributed by atoms with Crippen molar-refractivity contribution >= 4 is 67.4 Å². The average molecular weight is 468 g/mol. The molecular weight excluding hydrogens is 454 g/mol. The lowest BCUT2D eigenvalue weighted by atomic mass is 10.3. The summed E-state index contributed by atoms with van der Waals surface area (Å²) in [5, 5.41) is 7.25. The zero-order valence-corrected chi connectivity index (χ0v) is 15.3. The summed E-state index contributed by atoms with van der Waals surface area (Å²) in [7, 11) is 0. The number of halogens is 3. The maximum atomic E-state index is 5.96. The second-order valence-electron chi connectivity index (χ2n) is 4.06. The lowest BCUT2D eigenvalue weighted by Crippen LogP contribution is -2.05. The third kappa shape index (κ3) is 3.95. The molecule has 2 N–H and O–H groups in total. The van der Waals surface area contributed by atoms with E-state index in [1.807, 2.05) is 18.2 Å². The molecule has 0 saturated heterocycles. The van der Waals surface area contributed by atoms with Crippen LogP contribution < -0.4 is 10.6 Å². The third-order valence-electron chi connectivity index (χ3n) is 2.52. The highest BCUT2D eigenvalue weighted by molar-refractivity contribution is 14.1. The summed E-state index contributed by atoms with van der Waals surface area (Å²) in [6.45, 7) is 2.98. The number of aromatic nitrogens is 2. The van der Waals surface area contributed by atoms with E-state index < -0.39 is 0 Å². The normalized spacial score (nSPS) is 10.4. The van der Waals surface area contributed by atoms with Crippen molar-refractivity contribution in [3.63, 3.8) is 0 Å². The second-order valence-corrected chi connectivity index (χ2v) is 6.45. The van der Waals surface area contributed by atoms with E-state index in [-0.39, 0.29) is 0 Å². The van der Waals surface area contributed by atoms with Gasteiger partial charge in [-0.15, -0.1) is 0 Å². The number of benzene rings is 1. The molecule has 1 aromatic heterocycles. The van der Waals surface area contributed by atoms with Gasteiger partial charge < -0.3 is 10.6 Å². The van der Waals surface area contributed by atoms with E-state index in [9.17, 15) is 0 Å². The van der Waals surface area contributed by atoms with E-state index in [4.69, 9.17) is 11.6 Å². The zero-order chi connectivity index (χ0) is 14.5. The highest BCUT2D eigenvalue weighted by atomic mass is 127. The van der Waals surface area contributed by atoms with Crippen LogP contribution in [0.25, 0.3) is 0 Å². The first kappa shape index (κ1) is 15.8. The summed E-state index contributed by atoms with van der Waals surface area (Å²) in [6, 6.07) is 5.67. The molecule has 106 valence electrons. The lowest BCUT2D eigenvalue weighted by molar-refractivity contribution is 0.962. The van der Waals surface area contributed by atoms with Crippen LogP contribution in [0.15, 0.2) is 29.0 Å². The van der Waals surface area contributed by atoms with Gasteiger partial charge in [-0.3, -0.25) is 0 Å². The molecule has 0 saturated carbocycles. The Labute approximate surface area is 145 Å². The van der Waals surface area contributed by atoms with Gasteiger partial charge in [-0.05, 0) is 63.1 Å². The van der Waals surface area contributed by atoms with Crippen molar-refractivity contribution in [3.05, 3.63) is 37.6 Å². The number of anilines is 3. The molecule has 0 aliphatic carbocycles. The van der Waals surface area contributed by atoms with Gasteiger partial charge in [0.2, 0.25) is 0 Å². The van der Waals surface area contributed by atoms with Crippen LogP contribution in [0.5, 0.6) is 0 Å². The molecule has 2 rings (SSSR count). The fraction of sp³-hybridized carbons (Fsp3) is 0.231. The summed E-state index contributed by atoms with van der Waals surface area (Å²) < 4.78 is 1.85. The van der Waals surface area contributed by atoms with E-state index in [0.29, 0.717) is 5.02 Å². The van der Waals surface area contributed by atoms with E-state index in [1.54, 1.807) is 0 Å². The highest BCUT2D eigenvalue weighted by Gasteiger charge is 2.10. The van der Waals surface area contributed by atoms with Gasteiger partial charge in [0.1, 0.15) is 22.4 Å². The Hall–Kier alpha value is -0.600. The van der Waals surface area contributed by atoms with Crippen molar-refractivity contribution < 1.29 is 0 Å². The molecule has 4 nitrogen and oxygen atoms in total. The minimum absolute atomic E-state index is 0.715. The van der Waals surface area contributed by atoms with E-state index in [2.05, 4.69) is 66.0 Å². The molecule has 0 fully saturated rings. The Bertz CT molecular complexity index is 609. The maximum absolute atomic E-state index is 5.96. The maximum Gasteiger partial charge on any atom is 0.150 e. The molecule has 0 spiro atoms. The summed E-state index contributed by atoms with van der Waals surface area (Å²) >= 11 is 11.7. The van der Waals surface area contributed by atoms with E-state index in [0.717, 1.165) is 38.3 Å². The summed E-state index contributed by atoms with van der Waals surface area (Å²) in [6.07, 6.45) is 2.57. The van der Waals surface area contributed by atoms with Gasteiger partial charge in [0.15, 0.2) is 0 Å². The SMILES string of the molecule is CCCNc1ncnc(Nc2ccc(Cl)cc2I)c1Br. The fourth-order valence-corrected chi connectivity index (χ4v) is 2.99. The van der Waals surface area contributed by atoms with Gasteiger partial charge in [0.05, 0.1) is 5.69 Å². The second kappa shape index (κ2) is 7.42. The molecule has 0 atom stereocenters. The molecule has 0 aliphatic heterocycles. The molecule has 0 radical (unpaired) electrons. The molecule has 1 aromatic carbocycles. The molecule has 7 heteroatoms. The van der Waals surface area contributed by atoms with Crippen LogP contribution in [-0.2, 0) is 0 Å². The predicted octanol–water partition coefficient (Wildman–Crippen LogP) is 5.06. The first-order valence-corrected chi connectivity index (χ1v) is 8.33. The van der Waals surface area contributed by atoms with Crippen LogP contribution in [0.3, 0.4) is 0 Å². The van der Waals surface area contributed by atoms with Crippen LogP contribution in [0.1, 0.15) is 13.3 Å². The Morgan fingerprint density at radius 2 is 2.05 bits per heavy atom. The largest absolute Gasteiger partial charge is 0.369 e. The average Bonchev–Trinajstić information content (AvgIpc) is 2.42. The van der Waals surface area contributed by atoms with Crippen LogP contribution >= 0.6 is 50.1 Å². The molecular formula is C13H13BrClIN4. The molecule has 0 bridgehead atoms. The van der Waals surface area contributed by atoms with Gasteiger partial charge in [-0.2, -0.15) is 0 Å². The van der Waals surface area contributed by atoms with Gasteiger partial charge in [0.25, 0.3) is 0 Å². The Kier molecular flexibility index (Phi) is 5.86. The number of nitrogens with one attached hydrogen (secondary N) is 2. The third-order valence-corrected chi connectivity index (χ3v) is 4.39.